The van der Waals surface area contributed by atoms with Crippen LogP contribution < -0.4 is 5.32 Å². The van der Waals surface area contributed by atoms with Gasteiger partial charge in [0.25, 0.3) is 0 Å². The van der Waals surface area contributed by atoms with E-state index in [0.717, 1.165) is 12.3 Å². The Morgan fingerprint density at radius 3 is 3.14 bits per heavy atom. The van der Waals surface area contributed by atoms with E-state index in [-0.39, 0.29) is 0 Å². The molecule has 1 atom stereocenters. The lowest BCUT2D eigenvalue weighted by atomic mass is 9.94. The van der Waals surface area contributed by atoms with Crippen molar-refractivity contribution < 1.29 is 0 Å². The lowest BCUT2D eigenvalue weighted by molar-refractivity contribution is 0.357. The van der Waals surface area contributed by atoms with Gasteiger partial charge in [-0.15, -0.1) is 0 Å². The summed E-state index contributed by atoms with van der Waals surface area (Å²) in [6.07, 6.45) is 7.03. The smallest absolute Gasteiger partial charge is 0.0403 e. The molecule has 1 aromatic rings. The topological polar surface area (TPSA) is 24.9 Å². The van der Waals surface area contributed by atoms with Gasteiger partial charge in [0.1, 0.15) is 0 Å². The van der Waals surface area contributed by atoms with Crippen LogP contribution in [0.2, 0.25) is 0 Å². The van der Waals surface area contributed by atoms with Crippen LogP contribution >= 0.6 is 0 Å². The second-order valence-electron chi connectivity index (χ2n) is 4.07. The van der Waals surface area contributed by atoms with Gasteiger partial charge in [0.05, 0.1) is 0 Å². The molecule has 1 fully saturated rings. The second kappa shape index (κ2) is 5.11. The van der Waals surface area contributed by atoms with Gasteiger partial charge < -0.3 is 5.32 Å². The average Bonchev–Trinajstić information content (AvgIpc) is 2.29. The van der Waals surface area contributed by atoms with Crippen molar-refractivity contribution in [3.63, 3.8) is 0 Å². The summed E-state index contributed by atoms with van der Waals surface area (Å²) in [6, 6.07) is 6.17. The van der Waals surface area contributed by atoms with Crippen LogP contribution in [-0.2, 0) is 6.42 Å². The van der Waals surface area contributed by atoms with Crippen molar-refractivity contribution in [3.8, 4) is 0 Å². The van der Waals surface area contributed by atoms with E-state index in [2.05, 4.69) is 22.4 Å². The summed E-state index contributed by atoms with van der Waals surface area (Å²) in [5, 5.41) is 3.45. The molecule has 1 aliphatic heterocycles. The molecule has 0 saturated carbocycles. The van der Waals surface area contributed by atoms with Gasteiger partial charge in [0.2, 0.25) is 0 Å². The van der Waals surface area contributed by atoms with Crippen LogP contribution in [0.1, 0.15) is 25.0 Å². The maximum Gasteiger partial charge on any atom is 0.0403 e. The Hall–Kier alpha value is -0.890. The number of nitrogens with zero attached hydrogens (tertiary/aromatic N) is 1. The van der Waals surface area contributed by atoms with Gasteiger partial charge in [-0.3, -0.25) is 4.98 Å². The van der Waals surface area contributed by atoms with Crippen molar-refractivity contribution in [3.05, 3.63) is 30.1 Å². The molecule has 2 rings (SSSR count). The van der Waals surface area contributed by atoms with E-state index in [1.807, 2.05) is 12.3 Å². The molecular formula is C12H18N2. The van der Waals surface area contributed by atoms with Crippen LogP contribution in [0.15, 0.2) is 24.4 Å². The minimum Gasteiger partial charge on any atom is -0.316 e. The van der Waals surface area contributed by atoms with Crippen molar-refractivity contribution in [1.82, 2.24) is 10.3 Å². The molecule has 2 nitrogen and oxygen atoms in total. The van der Waals surface area contributed by atoms with Crippen molar-refractivity contribution in [2.75, 3.05) is 13.1 Å². The first kappa shape index (κ1) is 9.66. The third kappa shape index (κ3) is 2.81. The maximum absolute atomic E-state index is 4.34. The molecule has 0 aromatic carbocycles. The van der Waals surface area contributed by atoms with E-state index in [4.69, 9.17) is 0 Å². The Labute approximate surface area is 85.7 Å². The highest BCUT2D eigenvalue weighted by atomic mass is 14.9. The number of aryl methyl sites for hydroxylation is 1. The molecule has 0 amide bonds. The molecule has 1 aromatic heterocycles. The molecule has 14 heavy (non-hydrogen) atoms. The zero-order valence-electron chi connectivity index (χ0n) is 8.58. The fraction of sp³-hybridized carbons (Fsp3) is 0.583. The Kier molecular flexibility index (Phi) is 3.52. The minimum atomic E-state index is 0.866. The first-order valence-corrected chi connectivity index (χ1v) is 5.56. The highest BCUT2D eigenvalue weighted by molar-refractivity contribution is 5.03. The van der Waals surface area contributed by atoms with Gasteiger partial charge in [0.15, 0.2) is 0 Å². The first-order chi connectivity index (χ1) is 6.95. The Morgan fingerprint density at radius 1 is 1.43 bits per heavy atom. The molecule has 0 radical (unpaired) electrons. The highest BCUT2D eigenvalue weighted by Gasteiger charge is 2.12. The third-order valence-corrected chi connectivity index (χ3v) is 2.93. The van der Waals surface area contributed by atoms with E-state index in [9.17, 15) is 0 Å². The summed E-state index contributed by atoms with van der Waals surface area (Å²) in [7, 11) is 0. The summed E-state index contributed by atoms with van der Waals surface area (Å²) in [4.78, 5) is 4.34. The summed E-state index contributed by atoms with van der Waals surface area (Å²) < 4.78 is 0. The second-order valence-corrected chi connectivity index (χ2v) is 4.07. The standard InChI is InChI=1S/C12H18N2/c1-2-9-14-12(5-1)7-6-11-4-3-8-13-10-11/h1-2,5,9,11,13H,3-4,6-8,10H2. The predicted molar refractivity (Wildman–Crippen MR) is 58.2 cm³/mol. The molecule has 2 heteroatoms. The minimum absolute atomic E-state index is 0.866. The molecule has 76 valence electrons. The quantitative estimate of drug-likeness (QED) is 0.788. The van der Waals surface area contributed by atoms with E-state index in [1.54, 1.807) is 0 Å². The molecule has 1 N–H and O–H groups in total. The van der Waals surface area contributed by atoms with E-state index in [0.29, 0.717) is 0 Å². The molecule has 1 aliphatic rings. The van der Waals surface area contributed by atoms with Crippen LogP contribution in [0.4, 0.5) is 0 Å². The molecule has 2 heterocycles. The van der Waals surface area contributed by atoms with Gasteiger partial charge >= 0.3 is 0 Å². The third-order valence-electron chi connectivity index (χ3n) is 2.93. The largest absolute Gasteiger partial charge is 0.316 e. The number of rotatable bonds is 3. The average molecular weight is 190 g/mol. The number of aromatic nitrogens is 1. The molecular weight excluding hydrogens is 172 g/mol. The first-order valence-electron chi connectivity index (χ1n) is 5.56. The van der Waals surface area contributed by atoms with Crippen LogP contribution in [0, 0.1) is 5.92 Å². The van der Waals surface area contributed by atoms with E-state index in [1.165, 1.54) is 38.0 Å². The highest BCUT2D eigenvalue weighted by Crippen LogP contribution is 2.15. The lowest BCUT2D eigenvalue weighted by Crippen LogP contribution is -2.29. The summed E-state index contributed by atoms with van der Waals surface area (Å²) in [6.45, 7) is 2.41. The van der Waals surface area contributed by atoms with Gasteiger partial charge in [0, 0.05) is 11.9 Å². The number of hydrogen-bond acceptors (Lipinski definition) is 2. The monoisotopic (exact) mass is 190 g/mol. The normalized spacial score (nSPS) is 22.1. The van der Waals surface area contributed by atoms with Gasteiger partial charge in [-0.2, -0.15) is 0 Å². The van der Waals surface area contributed by atoms with Crippen LogP contribution in [0.25, 0.3) is 0 Å². The zero-order chi connectivity index (χ0) is 9.64. The molecule has 0 bridgehead atoms. The fourth-order valence-electron chi connectivity index (χ4n) is 2.07. The van der Waals surface area contributed by atoms with Crippen molar-refractivity contribution >= 4 is 0 Å². The van der Waals surface area contributed by atoms with Crippen LogP contribution in [0.5, 0.6) is 0 Å². The van der Waals surface area contributed by atoms with Crippen molar-refractivity contribution in [2.45, 2.75) is 25.7 Å². The number of hydrogen-bond donors (Lipinski definition) is 1. The Morgan fingerprint density at radius 2 is 2.43 bits per heavy atom. The van der Waals surface area contributed by atoms with Crippen LogP contribution in [-0.4, -0.2) is 18.1 Å². The Bertz CT molecular complexity index is 252. The number of pyridine rings is 1. The van der Waals surface area contributed by atoms with Gasteiger partial charge in [-0.25, -0.2) is 0 Å². The summed E-state index contributed by atoms with van der Waals surface area (Å²) in [5.74, 6) is 0.866. The summed E-state index contributed by atoms with van der Waals surface area (Å²) in [5.41, 5.74) is 1.23. The fourth-order valence-corrected chi connectivity index (χ4v) is 2.07. The van der Waals surface area contributed by atoms with Crippen LogP contribution in [0.3, 0.4) is 0 Å². The van der Waals surface area contributed by atoms with Crippen molar-refractivity contribution in [2.24, 2.45) is 5.92 Å². The molecule has 0 aliphatic carbocycles. The van der Waals surface area contributed by atoms with Crippen molar-refractivity contribution in [1.29, 1.82) is 0 Å². The Balaban J connectivity index is 1.76. The zero-order valence-corrected chi connectivity index (χ0v) is 8.58. The SMILES string of the molecule is c1ccc(CCC2CCCNC2)nc1. The summed E-state index contributed by atoms with van der Waals surface area (Å²) >= 11 is 0. The molecule has 0 spiro atoms. The predicted octanol–water partition coefficient (Wildman–Crippen LogP) is 2.01. The maximum atomic E-state index is 4.34. The van der Waals surface area contributed by atoms with Gasteiger partial charge in [-0.1, -0.05) is 6.07 Å². The van der Waals surface area contributed by atoms with E-state index >= 15 is 0 Å². The molecule has 1 saturated heterocycles. The van der Waals surface area contributed by atoms with E-state index < -0.39 is 0 Å². The number of nitrogens with one attached hydrogen (secondary N) is 1. The molecule has 1 unspecified atom stereocenters. The van der Waals surface area contributed by atoms with Gasteiger partial charge in [-0.05, 0) is 56.8 Å². The number of piperidine rings is 1. The lowest BCUT2D eigenvalue weighted by Gasteiger charge is -2.22.